The lowest BCUT2D eigenvalue weighted by Gasteiger charge is -2.63. The maximum Gasteiger partial charge on any atom is 0.159 e. The molecule has 1 saturated heterocycles. The molecule has 1 aromatic heterocycles. The first kappa shape index (κ1) is 17.1. The number of hydrogen-bond donors (Lipinski definition) is 0. The number of fused-ring (bicyclic) bond motifs is 5. The van der Waals surface area contributed by atoms with Gasteiger partial charge in [0.05, 0.1) is 11.2 Å². The lowest BCUT2D eigenvalue weighted by atomic mass is 9.56. The molecule has 7 rings (SSSR count). The van der Waals surface area contributed by atoms with Gasteiger partial charge in [-0.2, -0.15) is 0 Å². The van der Waals surface area contributed by atoms with Gasteiger partial charge >= 0.3 is 0 Å². The van der Waals surface area contributed by atoms with Crippen molar-refractivity contribution in [3.8, 4) is 0 Å². The Morgan fingerprint density at radius 1 is 0.862 bits per heavy atom. The number of benzene rings is 3. The third-order valence-electron chi connectivity index (χ3n) is 8.06. The van der Waals surface area contributed by atoms with Gasteiger partial charge in [-0.25, -0.2) is 0 Å². The third kappa shape index (κ3) is 1.97. The van der Waals surface area contributed by atoms with E-state index in [2.05, 4.69) is 93.3 Å². The molecule has 0 saturated carbocycles. The minimum absolute atomic E-state index is 0.0220. The van der Waals surface area contributed by atoms with E-state index in [9.17, 15) is 0 Å². The van der Waals surface area contributed by atoms with Gasteiger partial charge in [0.2, 0.25) is 0 Å². The fourth-order valence-electron chi connectivity index (χ4n) is 6.23. The number of hydrogen-bond acceptors (Lipinski definition) is 2. The minimum atomic E-state index is -0.0220. The van der Waals surface area contributed by atoms with Gasteiger partial charge < -0.3 is 9.32 Å². The van der Waals surface area contributed by atoms with Crippen LogP contribution in [-0.2, 0) is 11.0 Å². The Kier molecular flexibility index (Phi) is 3.22. The molecule has 2 heteroatoms. The molecule has 29 heavy (non-hydrogen) atoms. The summed E-state index contributed by atoms with van der Waals surface area (Å²) in [5, 5.41) is 2.42. The third-order valence-corrected chi connectivity index (χ3v) is 8.06. The van der Waals surface area contributed by atoms with Gasteiger partial charge in [0.15, 0.2) is 5.58 Å². The lowest BCUT2D eigenvalue weighted by molar-refractivity contribution is 0.166. The number of furan rings is 1. The molecule has 3 aromatic carbocycles. The predicted octanol–water partition coefficient (Wildman–Crippen LogP) is 7.07. The summed E-state index contributed by atoms with van der Waals surface area (Å²) in [6, 6.07) is 22.4. The first-order chi connectivity index (χ1) is 13.9. The smallest absolute Gasteiger partial charge is 0.159 e. The number of piperidine rings is 1. The van der Waals surface area contributed by atoms with Crippen LogP contribution < -0.4 is 4.90 Å². The number of para-hydroxylation sites is 1. The van der Waals surface area contributed by atoms with Crippen molar-refractivity contribution in [3.63, 3.8) is 0 Å². The van der Waals surface area contributed by atoms with Crippen LogP contribution in [0.25, 0.3) is 21.9 Å². The van der Waals surface area contributed by atoms with Gasteiger partial charge in [0.1, 0.15) is 5.58 Å². The molecule has 0 amide bonds. The average Bonchev–Trinajstić information content (AvgIpc) is 3.11. The largest absolute Gasteiger partial charge is 0.454 e. The fourth-order valence-corrected chi connectivity index (χ4v) is 6.23. The highest BCUT2D eigenvalue weighted by molar-refractivity contribution is 6.09. The summed E-state index contributed by atoms with van der Waals surface area (Å²) >= 11 is 0. The molecule has 0 N–H and O–H groups in total. The number of rotatable bonds is 1. The monoisotopic (exact) mass is 381 g/mol. The van der Waals surface area contributed by atoms with E-state index in [1.54, 1.807) is 0 Å². The van der Waals surface area contributed by atoms with Gasteiger partial charge in [-0.15, -0.1) is 0 Å². The van der Waals surface area contributed by atoms with E-state index < -0.39 is 0 Å². The number of nitrogens with zero attached hydrogens (tertiary/aromatic N) is 1. The van der Waals surface area contributed by atoms with Gasteiger partial charge in [-0.1, -0.05) is 61.5 Å². The summed E-state index contributed by atoms with van der Waals surface area (Å²) in [5.74, 6) is 0. The van der Waals surface area contributed by atoms with Crippen molar-refractivity contribution in [1.29, 1.82) is 0 Å². The topological polar surface area (TPSA) is 16.4 Å². The van der Waals surface area contributed by atoms with Gasteiger partial charge in [0.25, 0.3) is 0 Å². The first-order valence-corrected chi connectivity index (χ1v) is 10.8. The van der Waals surface area contributed by atoms with Gasteiger partial charge in [-0.05, 0) is 56.4 Å². The second-order valence-electron chi connectivity index (χ2n) is 9.49. The van der Waals surface area contributed by atoms with Gasteiger partial charge in [-0.3, -0.25) is 0 Å². The van der Waals surface area contributed by atoms with Crippen LogP contribution in [0.5, 0.6) is 0 Å². The van der Waals surface area contributed by atoms with Crippen molar-refractivity contribution in [2.24, 2.45) is 0 Å². The van der Waals surface area contributed by atoms with Crippen molar-refractivity contribution in [2.45, 2.75) is 57.5 Å². The van der Waals surface area contributed by atoms with Crippen molar-refractivity contribution < 1.29 is 4.42 Å². The zero-order valence-corrected chi connectivity index (χ0v) is 17.6. The molecule has 146 valence electrons. The molecular formula is C27H27NO. The molecule has 1 fully saturated rings. The van der Waals surface area contributed by atoms with Crippen LogP contribution in [-0.4, -0.2) is 6.04 Å². The molecule has 4 aromatic rings. The van der Waals surface area contributed by atoms with Crippen molar-refractivity contribution in [2.75, 3.05) is 4.90 Å². The average molecular weight is 382 g/mol. The van der Waals surface area contributed by atoms with Crippen LogP contribution >= 0.6 is 0 Å². The molecule has 0 spiro atoms. The van der Waals surface area contributed by atoms with Crippen LogP contribution in [0.1, 0.15) is 50.3 Å². The molecule has 2 nitrogen and oxygen atoms in total. The Morgan fingerprint density at radius 2 is 1.59 bits per heavy atom. The molecule has 0 radical (unpaired) electrons. The molecule has 2 aliphatic heterocycles. The van der Waals surface area contributed by atoms with Crippen LogP contribution in [0.4, 0.5) is 5.69 Å². The summed E-state index contributed by atoms with van der Waals surface area (Å²) in [5.41, 5.74) is 7.72. The molecule has 1 aliphatic carbocycles. The maximum atomic E-state index is 6.50. The first-order valence-electron chi connectivity index (χ1n) is 10.8. The van der Waals surface area contributed by atoms with E-state index in [0.717, 1.165) is 11.2 Å². The van der Waals surface area contributed by atoms with Crippen molar-refractivity contribution in [3.05, 3.63) is 77.4 Å². The van der Waals surface area contributed by atoms with Gasteiger partial charge in [0, 0.05) is 22.2 Å². The van der Waals surface area contributed by atoms with Crippen molar-refractivity contribution in [1.82, 2.24) is 0 Å². The second-order valence-corrected chi connectivity index (χ2v) is 9.49. The summed E-state index contributed by atoms with van der Waals surface area (Å²) in [4.78, 5) is 2.69. The highest BCUT2D eigenvalue weighted by Crippen LogP contribution is 2.59. The normalized spacial score (nSPS) is 28.3. The van der Waals surface area contributed by atoms with Crippen LogP contribution in [0.15, 0.2) is 65.1 Å². The Morgan fingerprint density at radius 3 is 2.41 bits per heavy atom. The van der Waals surface area contributed by atoms with Crippen molar-refractivity contribution >= 4 is 27.6 Å². The molecule has 3 heterocycles. The standard InChI is InChI=1S/C27H27NO/c1-17-13-14-20-19-9-5-8-12-23(19)29-25(20)24(17)28-18(2)26(3)15-16-27(28,4)22-11-7-6-10-21(22)26/h5-14,18H,15-16H2,1-4H3/t18-,26?,27?/m0/s1. The molecule has 2 bridgehead atoms. The quantitative estimate of drug-likeness (QED) is 0.350. The molecule has 3 atom stereocenters. The molecular weight excluding hydrogens is 354 g/mol. The fraction of sp³-hybridized carbons (Fsp3) is 0.333. The predicted molar refractivity (Wildman–Crippen MR) is 121 cm³/mol. The number of anilines is 1. The Labute approximate surface area is 172 Å². The Balaban J connectivity index is 1.69. The van der Waals surface area contributed by atoms with E-state index in [-0.39, 0.29) is 11.0 Å². The Bertz CT molecular complexity index is 1280. The highest BCUT2D eigenvalue weighted by atomic mass is 16.3. The zero-order chi connectivity index (χ0) is 20.0. The second kappa shape index (κ2) is 5.44. The lowest BCUT2D eigenvalue weighted by Crippen LogP contribution is -2.65. The molecule has 3 aliphatic rings. The highest BCUT2D eigenvalue weighted by Gasteiger charge is 2.56. The van der Waals surface area contributed by atoms with E-state index in [0.29, 0.717) is 6.04 Å². The SMILES string of the molecule is Cc1ccc2c(oc3ccccc32)c1N1[C@@H](C)C2(C)CCC1(C)c1ccccc12. The number of aryl methyl sites for hydroxylation is 1. The van der Waals surface area contributed by atoms with Crippen LogP contribution in [0.2, 0.25) is 0 Å². The zero-order valence-electron chi connectivity index (χ0n) is 17.6. The summed E-state index contributed by atoms with van der Waals surface area (Å²) in [7, 11) is 0. The van der Waals surface area contributed by atoms with E-state index in [4.69, 9.17) is 4.42 Å². The van der Waals surface area contributed by atoms with Crippen LogP contribution in [0, 0.1) is 6.92 Å². The van der Waals surface area contributed by atoms with Crippen LogP contribution in [0.3, 0.4) is 0 Å². The summed E-state index contributed by atoms with van der Waals surface area (Å²) in [6.07, 6.45) is 2.40. The summed E-state index contributed by atoms with van der Waals surface area (Å²) in [6.45, 7) is 9.53. The maximum absolute atomic E-state index is 6.50. The van der Waals surface area contributed by atoms with E-state index >= 15 is 0 Å². The summed E-state index contributed by atoms with van der Waals surface area (Å²) < 4.78 is 6.50. The molecule has 2 unspecified atom stereocenters. The van der Waals surface area contributed by atoms with E-state index in [1.807, 2.05) is 0 Å². The van der Waals surface area contributed by atoms with E-state index in [1.165, 1.54) is 46.0 Å². The Hall–Kier alpha value is -2.74. The minimum Gasteiger partial charge on any atom is -0.454 e.